The van der Waals surface area contributed by atoms with Crippen molar-refractivity contribution in [1.82, 2.24) is 0 Å². The van der Waals surface area contributed by atoms with Crippen molar-refractivity contribution < 1.29 is 0 Å². The molecule has 1 aromatic carbocycles. The summed E-state index contributed by atoms with van der Waals surface area (Å²) in [5.74, 6) is 0. The predicted octanol–water partition coefficient (Wildman–Crippen LogP) is 3.61. The Balaban J connectivity index is 0.000000531. The highest BCUT2D eigenvalue weighted by atomic mass is 14.6. The quantitative estimate of drug-likeness (QED) is 0.784. The first kappa shape index (κ1) is 12.3. The largest absolute Gasteiger partial charge is 0.324 e. The van der Waals surface area contributed by atoms with E-state index in [4.69, 9.17) is 5.73 Å². The minimum absolute atomic E-state index is 0.297. The molecule has 0 saturated heterocycles. The maximum absolute atomic E-state index is 5.97. The van der Waals surface area contributed by atoms with Gasteiger partial charge in [0.15, 0.2) is 0 Å². The Morgan fingerprint density at radius 1 is 1.33 bits per heavy atom. The normalized spacial score (nSPS) is 18.0. The van der Waals surface area contributed by atoms with Gasteiger partial charge in [0.25, 0.3) is 0 Å². The summed E-state index contributed by atoms with van der Waals surface area (Å²) in [6.07, 6.45) is 4.73. The van der Waals surface area contributed by atoms with Gasteiger partial charge in [-0.1, -0.05) is 45.4 Å². The fraction of sp³-hybridized carbons (Fsp3) is 0.571. The third-order valence-electron chi connectivity index (χ3n) is 2.87. The molecule has 0 spiro atoms. The Hall–Kier alpha value is -0.820. The maximum atomic E-state index is 5.97. The minimum Gasteiger partial charge on any atom is -0.324 e. The molecule has 0 saturated carbocycles. The summed E-state index contributed by atoms with van der Waals surface area (Å²) in [7, 11) is 0. The van der Waals surface area contributed by atoms with Gasteiger partial charge in [-0.15, -0.1) is 0 Å². The van der Waals surface area contributed by atoms with E-state index in [1.54, 1.807) is 0 Å². The maximum Gasteiger partial charge on any atom is 0.0300 e. The van der Waals surface area contributed by atoms with Crippen LogP contribution >= 0.6 is 0 Å². The average Bonchev–Trinajstić information content (AvgIpc) is 2.64. The number of hydrogen-bond donors (Lipinski definition) is 1. The van der Waals surface area contributed by atoms with Crippen molar-refractivity contribution in [2.75, 3.05) is 0 Å². The first-order valence-electron chi connectivity index (χ1n) is 6.18. The van der Waals surface area contributed by atoms with Crippen LogP contribution in [0.25, 0.3) is 0 Å². The molecular weight excluding hydrogens is 182 g/mol. The van der Waals surface area contributed by atoms with Crippen molar-refractivity contribution in [2.45, 2.75) is 52.5 Å². The molecule has 0 radical (unpaired) electrons. The van der Waals surface area contributed by atoms with Crippen LogP contribution in [0.15, 0.2) is 18.2 Å². The van der Waals surface area contributed by atoms with Gasteiger partial charge in [-0.05, 0) is 36.0 Å². The second-order valence-corrected chi connectivity index (χ2v) is 3.93. The Bertz CT molecular complexity index is 304. The number of benzene rings is 1. The van der Waals surface area contributed by atoms with Gasteiger partial charge in [0.05, 0.1) is 0 Å². The van der Waals surface area contributed by atoms with Gasteiger partial charge in [-0.2, -0.15) is 0 Å². The smallest absolute Gasteiger partial charge is 0.0300 e. The molecule has 2 rings (SSSR count). The van der Waals surface area contributed by atoms with E-state index >= 15 is 0 Å². The fourth-order valence-electron chi connectivity index (χ4n) is 2.15. The van der Waals surface area contributed by atoms with Gasteiger partial charge in [-0.3, -0.25) is 0 Å². The zero-order chi connectivity index (χ0) is 11.3. The summed E-state index contributed by atoms with van der Waals surface area (Å²) in [6.45, 7) is 6.22. The number of nitrogens with two attached hydrogens (primary N) is 1. The lowest BCUT2D eigenvalue weighted by atomic mass is 10.0. The summed E-state index contributed by atoms with van der Waals surface area (Å²) < 4.78 is 0. The monoisotopic (exact) mass is 205 g/mol. The Morgan fingerprint density at radius 3 is 2.73 bits per heavy atom. The van der Waals surface area contributed by atoms with Crippen LogP contribution in [0, 0.1) is 0 Å². The van der Waals surface area contributed by atoms with Crippen molar-refractivity contribution in [3.8, 4) is 0 Å². The molecule has 2 N–H and O–H groups in total. The summed E-state index contributed by atoms with van der Waals surface area (Å²) in [5.41, 5.74) is 10.3. The Kier molecular flexibility index (Phi) is 4.83. The van der Waals surface area contributed by atoms with E-state index in [1.807, 2.05) is 13.8 Å². The third kappa shape index (κ3) is 2.82. The van der Waals surface area contributed by atoms with Crippen LogP contribution in [0.3, 0.4) is 0 Å². The lowest BCUT2D eigenvalue weighted by molar-refractivity contribution is 0.713. The zero-order valence-corrected chi connectivity index (χ0v) is 10.2. The van der Waals surface area contributed by atoms with Crippen LogP contribution in [-0.2, 0) is 12.8 Å². The number of hydrogen-bond acceptors (Lipinski definition) is 1. The molecule has 0 amide bonds. The SMILES string of the molecule is CC.CCCc1ccc2c(c1)CCC2N. The van der Waals surface area contributed by atoms with Crippen molar-refractivity contribution in [1.29, 1.82) is 0 Å². The first-order valence-corrected chi connectivity index (χ1v) is 6.18. The van der Waals surface area contributed by atoms with Crippen LogP contribution in [0.2, 0.25) is 0 Å². The van der Waals surface area contributed by atoms with E-state index in [0.29, 0.717) is 6.04 Å². The lowest BCUT2D eigenvalue weighted by Gasteiger charge is -2.06. The highest BCUT2D eigenvalue weighted by Gasteiger charge is 2.18. The van der Waals surface area contributed by atoms with Crippen LogP contribution in [0.4, 0.5) is 0 Å². The summed E-state index contributed by atoms with van der Waals surface area (Å²) in [5, 5.41) is 0. The van der Waals surface area contributed by atoms with Crippen LogP contribution in [-0.4, -0.2) is 0 Å². The molecule has 84 valence electrons. The van der Waals surface area contributed by atoms with Gasteiger partial charge < -0.3 is 5.73 Å². The zero-order valence-electron chi connectivity index (χ0n) is 10.2. The van der Waals surface area contributed by atoms with Crippen LogP contribution in [0.5, 0.6) is 0 Å². The molecular formula is C14H23N. The van der Waals surface area contributed by atoms with Crippen LogP contribution in [0.1, 0.15) is 56.3 Å². The number of aryl methyl sites for hydroxylation is 2. The number of rotatable bonds is 2. The highest BCUT2D eigenvalue weighted by molar-refractivity contribution is 5.37. The van der Waals surface area contributed by atoms with Crippen LogP contribution < -0.4 is 5.73 Å². The molecule has 1 aliphatic carbocycles. The lowest BCUT2D eigenvalue weighted by Crippen LogP contribution is -2.04. The van der Waals surface area contributed by atoms with Crippen molar-refractivity contribution in [2.24, 2.45) is 5.73 Å². The summed E-state index contributed by atoms with van der Waals surface area (Å²) in [4.78, 5) is 0. The van der Waals surface area contributed by atoms with Gasteiger partial charge in [0.2, 0.25) is 0 Å². The first-order chi connectivity index (χ1) is 7.31. The highest BCUT2D eigenvalue weighted by Crippen LogP contribution is 2.29. The third-order valence-corrected chi connectivity index (χ3v) is 2.87. The minimum atomic E-state index is 0.297. The van der Waals surface area contributed by atoms with Crippen molar-refractivity contribution >= 4 is 0 Å². The van der Waals surface area contributed by atoms with Gasteiger partial charge >= 0.3 is 0 Å². The molecule has 1 nitrogen and oxygen atoms in total. The molecule has 0 fully saturated rings. The molecule has 15 heavy (non-hydrogen) atoms. The standard InChI is InChI=1S/C12H17N.C2H6/c1-2-3-9-4-6-11-10(8-9)5-7-12(11)13;1-2/h4,6,8,12H,2-3,5,7,13H2,1H3;1-2H3. The summed E-state index contributed by atoms with van der Waals surface area (Å²) >= 11 is 0. The summed E-state index contributed by atoms with van der Waals surface area (Å²) in [6, 6.07) is 7.09. The molecule has 0 aromatic heterocycles. The molecule has 0 bridgehead atoms. The van der Waals surface area contributed by atoms with E-state index in [0.717, 1.165) is 6.42 Å². The molecule has 0 aliphatic heterocycles. The predicted molar refractivity (Wildman–Crippen MR) is 67.0 cm³/mol. The van der Waals surface area contributed by atoms with Crippen molar-refractivity contribution in [3.63, 3.8) is 0 Å². The van der Waals surface area contributed by atoms with E-state index in [2.05, 4.69) is 25.1 Å². The topological polar surface area (TPSA) is 26.0 Å². The molecule has 1 aromatic rings. The average molecular weight is 205 g/mol. The van der Waals surface area contributed by atoms with Gasteiger partial charge in [0, 0.05) is 6.04 Å². The molecule has 1 heteroatoms. The molecule has 1 aliphatic rings. The van der Waals surface area contributed by atoms with E-state index in [9.17, 15) is 0 Å². The fourth-order valence-corrected chi connectivity index (χ4v) is 2.15. The Morgan fingerprint density at radius 2 is 2.07 bits per heavy atom. The van der Waals surface area contributed by atoms with E-state index < -0.39 is 0 Å². The van der Waals surface area contributed by atoms with Crippen molar-refractivity contribution in [3.05, 3.63) is 34.9 Å². The van der Waals surface area contributed by atoms with Gasteiger partial charge in [0.1, 0.15) is 0 Å². The number of fused-ring (bicyclic) bond motifs is 1. The molecule has 0 heterocycles. The Labute approximate surface area is 93.7 Å². The van der Waals surface area contributed by atoms with E-state index in [1.165, 1.54) is 36.0 Å². The van der Waals surface area contributed by atoms with Gasteiger partial charge in [-0.25, -0.2) is 0 Å². The molecule has 1 atom stereocenters. The second kappa shape index (κ2) is 5.92. The second-order valence-electron chi connectivity index (χ2n) is 3.93. The molecule has 1 unspecified atom stereocenters. The van der Waals surface area contributed by atoms with E-state index in [-0.39, 0.29) is 0 Å².